The molecule has 0 radical (unpaired) electrons. The van der Waals surface area contributed by atoms with Crippen LogP contribution in [0, 0.1) is 0 Å². The highest BCUT2D eigenvalue weighted by Crippen LogP contribution is 2.00. The first-order valence-electron chi connectivity index (χ1n) is 3.80. The van der Waals surface area contributed by atoms with E-state index in [-0.39, 0.29) is 0 Å². The van der Waals surface area contributed by atoms with Crippen LogP contribution in [-0.4, -0.2) is 5.71 Å². The van der Waals surface area contributed by atoms with Gasteiger partial charge in [-0.15, -0.1) is 0 Å². The molecule has 0 aliphatic carbocycles. The van der Waals surface area contributed by atoms with Crippen molar-refractivity contribution in [3.8, 4) is 0 Å². The van der Waals surface area contributed by atoms with Crippen LogP contribution in [0.1, 0.15) is 12.5 Å². The molecule has 0 bridgehead atoms. The summed E-state index contributed by atoms with van der Waals surface area (Å²) in [5, 5.41) is 3.53. The maximum Gasteiger partial charge on any atom is 0.0569 e. The fourth-order valence-corrected chi connectivity index (χ4v) is 0.824. The molecule has 0 fully saturated rings. The van der Waals surface area contributed by atoms with Crippen molar-refractivity contribution in [2.75, 3.05) is 0 Å². The molecule has 12 heavy (non-hydrogen) atoms. The monoisotopic (exact) mass is 160 g/mol. The number of benzene rings is 1. The van der Waals surface area contributed by atoms with Gasteiger partial charge in [0.1, 0.15) is 0 Å². The first-order chi connectivity index (χ1) is 5.83. The van der Waals surface area contributed by atoms with E-state index in [0.29, 0.717) is 0 Å². The molecule has 0 aromatic heterocycles. The average molecular weight is 160 g/mol. The molecule has 0 heterocycles. The van der Waals surface area contributed by atoms with Crippen molar-refractivity contribution in [1.29, 1.82) is 0 Å². The summed E-state index contributed by atoms with van der Waals surface area (Å²) in [5.74, 6) is 5.07. The lowest BCUT2D eigenvalue weighted by Crippen LogP contribution is -1.90. The highest BCUT2D eigenvalue weighted by Gasteiger charge is 1.83. The molecule has 2 nitrogen and oxygen atoms in total. The van der Waals surface area contributed by atoms with Gasteiger partial charge in [0, 0.05) is 0 Å². The zero-order valence-corrected chi connectivity index (χ0v) is 7.07. The number of rotatable bonds is 2. The summed E-state index contributed by atoms with van der Waals surface area (Å²) in [4.78, 5) is 0. The smallest absolute Gasteiger partial charge is 0.0569 e. The van der Waals surface area contributed by atoms with Gasteiger partial charge in [-0.25, -0.2) is 0 Å². The second kappa shape index (κ2) is 4.34. The van der Waals surface area contributed by atoms with Crippen LogP contribution in [0.15, 0.2) is 41.5 Å². The number of hydrazone groups is 1. The predicted molar refractivity (Wildman–Crippen MR) is 52.8 cm³/mol. The summed E-state index contributed by atoms with van der Waals surface area (Å²) in [5.41, 5.74) is 1.97. The molecule has 0 aliphatic heterocycles. The Bertz CT molecular complexity index is 286. The Hall–Kier alpha value is -1.57. The van der Waals surface area contributed by atoms with Crippen LogP contribution in [0.4, 0.5) is 0 Å². The van der Waals surface area contributed by atoms with E-state index in [1.165, 1.54) is 0 Å². The van der Waals surface area contributed by atoms with Crippen molar-refractivity contribution in [3.05, 3.63) is 42.0 Å². The van der Waals surface area contributed by atoms with Crippen molar-refractivity contribution in [1.82, 2.24) is 0 Å². The van der Waals surface area contributed by atoms with Gasteiger partial charge in [-0.2, -0.15) is 5.10 Å². The van der Waals surface area contributed by atoms with E-state index >= 15 is 0 Å². The molecule has 2 N–H and O–H groups in total. The van der Waals surface area contributed by atoms with Gasteiger partial charge in [0.25, 0.3) is 0 Å². The number of hydrogen-bond acceptors (Lipinski definition) is 2. The Balaban J connectivity index is 2.70. The lowest BCUT2D eigenvalue weighted by Gasteiger charge is -1.90. The van der Waals surface area contributed by atoms with Crippen LogP contribution < -0.4 is 5.84 Å². The van der Waals surface area contributed by atoms with Crippen LogP contribution >= 0.6 is 0 Å². The molecular weight excluding hydrogens is 148 g/mol. The number of nitrogens with zero attached hydrogens (tertiary/aromatic N) is 1. The molecule has 0 saturated carbocycles. The summed E-state index contributed by atoms with van der Waals surface area (Å²) in [6.07, 6.45) is 3.86. The van der Waals surface area contributed by atoms with E-state index < -0.39 is 0 Å². The number of nitrogens with two attached hydrogens (primary N) is 1. The molecule has 2 heteroatoms. The van der Waals surface area contributed by atoms with Gasteiger partial charge >= 0.3 is 0 Å². The normalized spacial score (nSPS) is 12.2. The van der Waals surface area contributed by atoms with Crippen LogP contribution in [0.5, 0.6) is 0 Å². The predicted octanol–water partition coefficient (Wildman–Crippen LogP) is 2.03. The van der Waals surface area contributed by atoms with Gasteiger partial charge in [0.05, 0.1) is 5.71 Å². The van der Waals surface area contributed by atoms with E-state index in [2.05, 4.69) is 5.10 Å². The van der Waals surface area contributed by atoms with Crippen LogP contribution in [0.3, 0.4) is 0 Å². The fraction of sp³-hybridized carbons (Fsp3) is 0.100. The molecule has 1 rings (SSSR count). The van der Waals surface area contributed by atoms with E-state index in [1.807, 2.05) is 49.4 Å². The largest absolute Gasteiger partial charge is 0.323 e. The first kappa shape index (κ1) is 8.53. The summed E-state index contributed by atoms with van der Waals surface area (Å²) >= 11 is 0. The second-order valence-corrected chi connectivity index (χ2v) is 2.51. The molecule has 0 atom stereocenters. The quantitative estimate of drug-likeness (QED) is 0.401. The van der Waals surface area contributed by atoms with Gasteiger partial charge in [-0.3, -0.25) is 0 Å². The van der Waals surface area contributed by atoms with E-state index in [0.717, 1.165) is 11.3 Å². The SMILES string of the molecule is CC(/C=C/c1ccccc1)=N/N. The zero-order valence-electron chi connectivity index (χ0n) is 7.07. The molecular formula is C10H12N2. The van der Waals surface area contributed by atoms with Gasteiger partial charge in [-0.05, 0) is 18.6 Å². The van der Waals surface area contributed by atoms with Crippen LogP contribution in [-0.2, 0) is 0 Å². The molecule has 62 valence electrons. The van der Waals surface area contributed by atoms with E-state index in [1.54, 1.807) is 0 Å². The summed E-state index contributed by atoms with van der Waals surface area (Å²) in [7, 11) is 0. The lowest BCUT2D eigenvalue weighted by molar-refractivity contribution is 1.24. The lowest BCUT2D eigenvalue weighted by atomic mass is 10.2. The third-order valence-corrected chi connectivity index (χ3v) is 1.52. The Labute approximate surface area is 72.4 Å². The Morgan fingerprint density at radius 1 is 1.33 bits per heavy atom. The Kier molecular flexibility index (Phi) is 3.08. The van der Waals surface area contributed by atoms with Crippen LogP contribution in [0.25, 0.3) is 6.08 Å². The Morgan fingerprint density at radius 3 is 2.58 bits per heavy atom. The Morgan fingerprint density at radius 2 is 2.00 bits per heavy atom. The molecule has 0 unspecified atom stereocenters. The fourth-order valence-electron chi connectivity index (χ4n) is 0.824. The van der Waals surface area contributed by atoms with Crippen molar-refractivity contribution in [2.24, 2.45) is 10.9 Å². The third kappa shape index (κ3) is 2.58. The highest BCUT2D eigenvalue weighted by atomic mass is 15.1. The molecule has 0 amide bonds. The highest BCUT2D eigenvalue weighted by molar-refractivity contribution is 5.96. The molecule has 1 aromatic carbocycles. The summed E-state index contributed by atoms with van der Waals surface area (Å²) < 4.78 is 0. The van der Waals surface area contributed by atoms with E-state index in [9.17, 15) is 0 Å². The molecule has 0 saturated heterocycles. The zero-order chi connectivity index (χ0) is 8.81. The second-order valence-electron chi connectivity index (χ2n) is 2.51. The third-order valence-electron chi connectivity index (χ3n) is 1.52. The van der Waals surface area contributed by atoms with Gasteiger partial charge in [-0.1, -0.05) is 36.4 Å². The number of allylic oxidation sites excluding steroid dienone is 1. The summed E-state index contributed by atoms with van der Waals surface area (Å²) in [6.45, 7) is 1.86. The van der Waals surface area contributed by atoms with Crippen molar-refractivity contribution in [2.45, 2.75) is 6.92 Å². The maximum absolute atomic E-state index is 5.07. The first-order valence-corrected chi connectivity index (χ1v) is 3.80. The topological polar surface area (TPSA) is 38.4 Å². The van der Waals surface area contributed by atoms with Gasteiger partial charge < -0.3 is 5.84 Å². The summed E-state index contributed by atoms with van der Waals surface area (Å²) in [6, 6.07) is 10.0. The molecule has 0 spiro atoms. The molecule has 0 aliphatic rings. The van der Waals surface area contributed by atoms with Crippen LogP contribution in [0.2, 0.25) is 0 Å². The van der Waals surface area contributed by atoms with Crippen molar-refractivity contribution < 1.29 is 0 Å². The average Bonchev–Trinajstić information content (AvgIpc) is 2.16. The van der Waals surface area contributed by atoms with Gasteiger partial charge in [0.15, 0.2) is 0 Å². The van der Waals surface area contributed by atoms with Gasteiger partial charge in [0.2, 0.25) is 0 Å². The van der Waals surface area contributed by atoms with Crippen molar-refractivity contribution >= 4 is 11.8 Å². The molecule has 1 aromatic rings. The van der Waals surface area contributed by atoms with Crippen molar-refractivity contribution in [3.63, 3.8) is 0 Å². The minimum Gasteiger partial charge on any atom is -0.323 e. The standard InChI is InChI=1S/C10H12N2/c1-9(12-11)7-8-10-5-3-2-4-6-10/h2-8H,11H2,1H3/b8-7+,12-9-. The maximum atomic E-state index is 5.07. The number of hydrogen-bond donors (Lipinski definition) is 1. The van der Waals surface area contributed by atoms with E-state index in [4.69, 9.17) is 5.84 Å². The minimum atomic E-state index is 0.818. The minimum absolute atomic E-state index is 0.818.